The third kappa shape index (κ3) is 3.51. The molecule has 0 aliphatic carbocycles. The molecule has 0 bridgehead atoms. The Bertz CT molecular complexity index is 611. The van der Waals surface area contributed by atoms with Crippen LogP contribution in [0.1, 0.15) is 19.4 Å². The smallest absolute Gasteiger partial charge is 0.123 e. The summed E-state index contributed by atoms with van der Waals surface area (Å²) in [7, 11) is 0. The predicted molar refractivity (Wildman–Crippen MR) is 86.5 cm³/mol. The van der Waals surface area contributed by atoms with Crippen molar-refractivity contribution in [2.75, 3.05) is 17.6 Å². The lowest BCUT2D eigenvalue weighted by molar-refractivity contribution is 0.546. The normalized spacial score (nSPS) is 11.4. The van der Waals surface area contributed by atoms with Crippen LogP contribution in [0.3, 0.4) is 0 Å². The van der Waals surface area contributed by atoms with Crippen LogP contribution < -0.4 is 11.1 Å². The highest BCUT2D eigenvalue weighted by atomic mass is 79.9. The van der Waals surface area contributed by atoms with E-state index >= 15 is 0 Å². The summed E-state index contributed by atoms with van der Waals surface area (Å²) in [5, 5.41) is 3.33. The third-order valence-corrected chi connectivity index (χ3v) is 3.83. The summed E-state index contributed by atoms with van der Waals surface area (Å²) < 4.78 is 14.3. The molecule has 0 saturated heterocycles. The van der Waals surface area contributed by atoms with E-state index in [0.29, 0.717) is 12.2 Å². The van der Waals surface area contributed by atoms with Crippen LogP contribution >= 0.6 is 15.9 Å². The summed E-state index contributed by atoms with van der Waals surface area (Å²) in [6, 6.07) is 12.4. The Morgan fingerprint density at radius 3 is 2.60 bits per heavy atom. The molecule has 0 fully saturated rings. The van der Waals surface area contributed by atoms with Gasteiger partial charge in [-0.25, -0.2) is 4.39 Å². The number of rotatable bonds is 4. The van der Waals surface area contributed by atoms with E-state index in [1.807, 2.05) is 24.3 Å². The summed E-state index contributed by atoms with van der Waals surface area (Å²) in [6.45, 7) is 4.82. The quantitative estimate of drug-likeness (QED) is 0.803. The van der Waals surface area contributed by atoms with Crippen LogP contribution in [0.2, 0.25) is 0 Å². The van der Waals surface area contributed by atoms with Gasteiger partial charge in [-0.1, -0.05) is 41.9 Å². The van der Waals surface area contributed by atoms with Crippen LogP contribution in [0.4, 0.5) is 15.8 Å². The van der Waals surface area contributed by atoms with Crippen molar-refractivity contribution in [2.45, 2.75) is 19.3 Å². The van der Waals surface area contributed by atoms with E-state index in [2.05, 4.69) is 35.1 Å². The van der Waals surface area contributed by atoms with Crippen molar-refractivity contribution < 1.29 is 4.39 Å². The summed E-state index contributed by atoms with van der Waals surface area (Å²) >= 11 is 3.38. The average molecular weight is 337 g/mol. The van der Waals surface area contributed by atoms with Crippen molar-refractivity contribution in [1.29, 1.82) is 0 Å². The van der Waals surface area contributed by atoms with E-state index < -0.39 is 0 Å². The molecule has 0 spiro atoms. The minimum Gasteiger partial charge on any atom is -0.397 e. The maximum absolute atomic E-state index is 13.3. The van der Waals surface area contributed by atoms with Crippen molar-refractivity contribution in [1.82, 2.24) is 0 Å². The molecular weight excluding hydrogens is 319 g/mol. The van der Waals surface area contributed by atoms with Crippen LogP contribution in [0.15, 0.2) is 46.9 Å². The number of halogens is 2. The molecule has 3 N–H and O–H groups in total. The standard InChI is InChI=1S/C16H18BrFN2/c1-16(2,11-4-3-5-13(18)8-11)10-20-15-7-6-12(17)9-14(15)19/h3-9,20H,10,19H2,1-2H3. The number of hydrogen-bond donors (Lipinski definition) is 2. The number of hydrogen-bond acceptors (Lipinski definition) is 2. The molecule has 0 amide bonds. The molecule has 0 aliphatic heterocycles. The summed E-state index contributed by atoms with van der Waals surface area (Å²) in [5.74, 6) is -0.210. The molecule has 0 aromatic heterocycles. The Morgan fingerprint density at radius 2 is 1.95 bits per heavy atom. The molecule has 2 rings (SSSR count). The van der Waals surface area contributed by atoms with E-state index in [1.165, 1.54) is 6.07 Å². The maximum Gasteiger partial charge on any atom is 0.123 e. The molecule has 2 aromatic rings. The number of nitrogens with one attached hydrogen (secondary N) is 1. The van der Waals surface area contributed by atoms with Gasteiger partial charge in [0, 0.05) is 16.4 Å². The predicted octanol–water partition coefficient (Wildman–Crippen LogP) is 4.56. The van der Waals surface area contributed by atoms with Gasteiger partial charge in [0.25, 0.3) is 0 Å². The van der Waals surface area contributed by atoms with Crippen molar-refractivity contribution in [2.24, 2.45) is 0 Å². The molecule has 4 heteroatoms. The minimum absolute atomic E-state index is 0.193. The van der Waals surface area contributed by atoms with Crippen LogP contribution in [-0.4, -0.2) is 6.54 Å². The molecule has 106 valence electrons. The van der Waals surface area contributed by atoms with Crippen molar-refractivity contribution in [3.8, 4) is 0 Å². The second-order valence-electron chi connectivity index (χ2n) is 5.48. The molecule has 0 radical (unpaired) electrons. The van der Waals surface area contributed by atoms with Gasteiger partial charge in [0.2, 0.25) is 0 Å². The first kappa shape index (κ1) is 14.9. The molecular formula is C16H18BrFN2. The first-order chi connectivity index (χ1) is 9.38. The van der Waals surface area contributed by atoms with E-state index in [4.69, 9.17) is 5.73 Å². The summed E-state index contributed by atoms with van der Waals surface area (Å²) in [5.41, 5.74) is 8.30. The highest BCUT2D eigenvalue weighted by Gasteiger charge is 2.21. The molecule has 0 saturated carbocycles. The maximum atomic E-state index is 13.3. The number of benzene rings is 2. The summed E-state index contributed by atoms with van der Waals surface area (Å²) in [6.07, 6.45) is 0. The topological polar surface area (TPSA) is 38.0 Å². The first-order valence-corrected chi connectivity index (χ1v) is 7.23. The van der Waals surface area contributed by atoms with E-state index in [0.717, 1.165) is 15.7 Å². The van der Waals surface area contributed by atoms with Crippen LogP contribution in [-0.2, 0) is 5.41 Å². The second-order valence-corrected chi connectivity index (χ2v) is 6.40. The van der Waals surface area contributed by atoms with Gasteiger partial charge >= 0.3 is 0 Å². The van der Waals surface area contributed by atoms with Gasteiger partial charge in [-0.15, -0.1) is 0 Å². The molecule has 0 heterocycles. The van der Waals surface area contributed by atoms with Crippen molar-refractivity contribution in [3.05, 3.63) is 58.3 Å². The van der Waals surface area contributed by atoms with Gasteiger partial charge in [-0.05, 0) is 35.9 Å². The van der Waals surface area contributed by atoms with Gasteiger partial charge in [0.1, 0.15) is 5.82 Å². The lowest BCUT2D eigenvalue weighted by Gasteiger charge is -2.26. The number of nitrogens with two attached hydrogens (primary N) is 1. The van der Waals surface area contributed by atoms with Gasteiger partial charge in [0.05, 0.1) is 11.4 Å². The molecule has 0 unspecified atom stereocenters. The lowest BCUT2D eigenvalue weighted by atomic mass is 9.84. The Morgan fingerprint density at radius 1 is 1.20 bits per heavy atom. The van der Waals surface area contributed by atoms with Gasteiger partial charge < -0.3 is 11.1 Å². The average Bonchev–Trinajstić information content (AvgIpc) is 2.37. The third-order valence-electron chi connectivity index (χ3n) is 3.34. The molecule has 0 atom stereocenters. The Labute approximate surface area is 127 Å². The first-order valence-electron chi connectivity index (χ1n) is 6.43. The molecule has 2 nitrogen and oxygen atoms in total. The van der Waals surface area contributed by atoms with Crippen LogP contribution in [0, 0.1) is 5.82 Å². The minimum atomic E-state index is -0.210. The largest absolute Gasteiger partial charge is 0.397 e. The fourth-order valence-corrected chi connectivity index (χ4v) is 2.40. The highest BCUT2D eigenvalue weighted by molar-refractivity contribution is 9.10. The monoisotopic (exact) mass is 336 g/mol. The zero-order valence-corrected chi connectivity index (χ0v) is 13.2. The van der Waals surface area contributed by atoms with E-state index in [-0.39, 0.29) is 11.2 Å². The van der Waals surface area contributed by atoms with Gasteiger partial charge in [0.15, 0.2) is 0 Å². The highest BCUT2D eigenvalue weighted by Crippen LogP contribution is 2.27. The summed E-state index contributed by atoms with van der Waals surface area (Å²) in [4.78, 5) is 0. The zero-order valence-electron chi connectivity index (χ0n) is 11.6. The van der Waals surface area contributed by atoms with E-state index in [1.54, 1.807) is 12.1 Å². The Balaban J connectivity index is 2.12. The van der Waals surface area contributed by atoms with Crippen molar-refractivity contribution in [3.63, 3.8) is 0 Å². The molecule has 0 aliphatic rings. The fourth-order valence-electron chi connectivity index (χ4n) is 2.02. The number of anilines is 2. The van der Waals surface area contributed by atoms with Crippen LogP contribution in [0.25, 0.3) is 0 Å². The SMILES string of the molecule is CC(C)(CNc1ccc(Br)cc1N)c1cccc(F)c1. The van der Waals surface area contributed by atoms with Gasteiger partial charge in [-0.2, -0.15) is 0 Å². The fraction of sp³-hybridized carbons (Fsp3) is 0.250. The Hall–Kier alpha value is -1.55. The second kappa shape index (κ2) is 5.83. The lowest BCUT2D eigenvalue weighted by Crippen LogP contribution is -2.28. The zero-order chi connectivity index (χ0) is 14.8. The van der Waals surface area contributed by atoms with Crippen molar-refractivity contribution >= 4 is 27.3 Å². The van der Waals surface area contributed by atoms with E-state index in [9.17, 15) is 4.39 Å². The molecule has 20 heavy (non-hydrogen) atoms. The van der Waals surface area contributed by atoms with Gasteiger partial charge in [-0.3, -0.25) is 0 Å². The molecule has 2 aromatic carbocycles. The Kier molecular flexibility index (Phi) is 4.33. The van der Waals surface area contributed by atoms with Crippen LogP contribution in [0.5, 0.6) is 0 Å². The number of nitrogen functional groups attached to an aromatic ring is 1.